The summed E-state index contributed by atoms with van der Waals surface area (Å²) in [7, 11) is 0. The van der Waals surface area contributed by atoms with E-state index < -0.39 is 0 Å². The Kier molecular flexibility index (Phi) is 2.49. The monoisotopic (exact) mass is 223 g/mol. The predicted octanol–water partition coefficient (Wildman–Crippen LogP) is 2.50. The number of ketones is 1. The summed E-state index contributed by atoms with van der Waals surface area (Å²) in [5.74, 6) is -0.452. The van der Waals surface area contributed by atoms with E-state index in [9.17, 15) is 9.59 Å². The Morgan fingerprint density at radius 2 is 2.13 bits per heavy atom. The average molecular weight is 224 g/mol. The van der Waals surface area contributed by atoms with Crippen molar-refractivity contribution in [3.8, 4) is 0 Å². The molecule has 1 aromatic carbocycles. The van der Waals surface area contributed by atoms with Crippen molar-refractivity contribution in [2.75, 3.05) is 5.32 Å². The highest BCUT2D eigenvalue weighted by Crippen LogP contribution is 2.26. The second-order valence-corrected chi connectivity index (χ2v) is 4.14. The van der Waals surface area contributed by atoms with Gasteiger partial charge in [0.05, 0.1) is 5.69 Å². The molecule has 3 nitrogen and oxygen atoms in total. The van der Waals surface area contributed by atoms with Gasteiger partial charge in [-0.25, -0.2) is 0 Å². The Morgan fingerprint density at radius 1 is 1.40 bits per heavy atom. The van der Waals surface area contributed by atoms with Crippen molar-refractivity contribution in [2.24, 2.45) is 5.92 Å². The lowest BCUT2D eigenvalue weighted by molar-refractivity contribution is -0.119. The molecule has 1 amide bonds. The summed E-state index contributed by atoms with van der Waals surface area (Å²) in [6.07, 6.45) is 0.235. The van der Waals surface area contributed by atoms with Crippen molar-refractivity contribution in [1.29, 1.82) is 0 Å². The van der Waals surface area contributed by atoms with Gasteiger partial charge >= 0.3 is 0 Å². The van der Waals surface area contributed by atoms with Crippen LogP contribution in [0.3, 0.4) is 0 Å². The molecule has 1 aromatic rings. The number of anilines is 1. The molecule has 1 heterocycles. The van der Waals surface area contributed by atoms with Crippen LogP contribution < -0.4 is 5.32 Å². The number of nitrogens with one attached hydrogen (secondary N) is 1. The van der Waals surface area contributed by atoms with Crippen LogP contribution in [0.4, 0.5) is 5.69 Å². The van der Waals surface area contributed by atoms with Crippen molar-refractivity contribution in [3.63, 3.8) is 0 Å². The standard InChI is InChI=1S/C11H10ClNO2/c1-6-4-10(14)8-5-7(12)2-3-9(8)13-11(6)15/h2-3,5-6H,4H2,1H3,(H,13,15). The lowest BCUT2D eigenvalue weighted by Gasteiger charge is -2.06. The van der Waals surface area contributed by atoms with E-state index in [-0.39, 0.29) is 24.0 Å². The van der Waals surface area contributed by atoms with Crippen molar-refractivity contribution in [3.05, 3.63) is 28.8 Å². The summed E-state index contributed by atoms with van der Waals surface area (Å²) in [5.41, 5.74) is 1.05. The highest BCUT2D eigenvalue weighted by atomic mass is 35.5. The van der Waals surface area contributed by atoms with Gasteiger partial charge in [-0.3, -0.25) is 9.59 Å². The molecule has 78 valence electrons. The Balaban J connectivity index is 2.51. The number of carbonyl (C=O) groups excluding carboxylic acids is 2. The van der Waals surface area contributed by atoms with Gasteiger partial charge in [0.1, 0.15) is 0 Å². The molecule has 0 aliphatic carbocycles. The topological polar surface area (TPSA) is 46.2 Å². The van der Waals surface area contributed by atoms with E-state index >= 15 is 0 Å². The van der Waals surface area contributed by atoms with E-state index in [1.807, 2.05) is 0 Å². The number of carbonyl (C=O) groups is 2. The summed E-state index contributed by atoms with van der Waals surface area (Å²) in [6, 6.07) is 4.91. The van der Waals surface area contributed by atoms with Crippen molar-refractivity contribution in [1.82, 2.24) is 0 Å². The van der Waals surface area contributed by atoms with Gasteiger partial charge in [-0.15, -0.1) is 0 Å². The van der Waals surface area contributed by atoms with E-state index in [0.29, 0.717) is 16.3 Å². The molecule has 0 aromatic heterocycles. The van der Waals surface area contributed by atoms with Gasteiger partial charge in [0.15, 0.2) is 5.78 Å². The highest BCUT2D eigenvalue weighted by Gasteiger charge is 2.25. The zero-order chi connectivity index (χ0) is 11.0. The maximum Gasteiger partial charge on any atom is 0.227 e. The van der Waals surface area contributed by atoms with Gasteiger partial charge in [-0.1, -0.05) is 18.5 Å². The molecule has 0 bridgehead atoms. The van der Waals surface area contributed by atoms with E-state index in [2.05, 4.69) is 5.32 Å². The van der Waals surface area contributed by atoms with Crippen LogP contribution in [0, 0.1) is 5.92 Å². The molecular formula is C11H10ClNO2. The molecule has 0 spiro atoms. The molecular weight excluding hydrogens is 214 g/mol. The molecule has 1 aliphatic heterocycles. The van der Waals surface area contributed by atoms with Crippen molar-refractivity contribution < 1.29 is 9.59 Å². The number of halogens is 1. The van der Waals surface area contributed by atoms with Crippen LogP contribution in [0.15, 0.2) is 18.2 Å². The number of fused-ring (bicyclic) bond motifs is 1. The van der Waals surface area contributed by atoms with Gasteiger partial charge in [-0.2, -0.15) is 0 Å². The van der Waals surface area contributed by atoms with Crippen LogP contribution in [-0.2, 0) is 4.79 Å². The van der Waals surface area contributed by atoms with E-state index in [1.54, 1.807) is 25.1 Å². The molecule has 0 radical (unpaired) electrons. The zero-order valence-electron chi connectivity index (χ0n) is 8.21. The lowest BCUT2D eigenvalue weighted by atomic mass is 10.0. The highest BCUT2D eigenvalue weighted by molar-refractivity contribution is 6.31. The van der Waals surface area contributed by atoms with Gasteiger partial charge in [0.25, 0.3) is 0 Å². The Bertz CT molecular complexity index is 442. The maximum absolute atomic E-state index is 11.8. The smallest absolute Gasteiger partial charge is 0.227 e. The molecule has 1 aliphatic rings. The summed E-state index contributed by atoms with van der Waals surface area (Å²) >= 11 is 5.80. The van der Waals surface area contributed by atoms with Crippen LogP contribution in [0.2, 0.25) is 5.02 Å². The lowest BCUT2D eigenvalue weighted by Crippen LogP contribution is -2.18. The van der Waals surface area contributed by atoms with Crippen LogP contribution >= 0.6 is 11.6 Å². The maximum atomic E-state index is 11.8. The minimum atomic E-state index is -0.288. The Hall–Kier alpha value is -1.35. The number of amides is 1. The number of Topliss-reactive ketones (excluding diaryl/α,β-unsaturated/α-hetero) is 1. The summed E-state index contributed by atoms with van der Waals surface area (Å²) in [5, 5.41) is 3.22. The molecule has 0 saturated carbocycles. The second-order valence-electron chi connectivity index (χ2n) is 3.71. The second kappa shape index (κ2) is 3.66. The first-order valence-corrected chi connectivity index (χ1v) is 5.09. The largest absolute Gasteiger partial charge is 0.325 e. The summed E-state index contributed by atoms with van der Waals surface area (Å²) in [6.45, 7) is 1.74. The molecule has 1 unspecified atom stereocenters. The third kappa shape index (κ3) is 1.88. The van der Waals surface area contributed by atoms with Crippen LogP contribution in [0.25, 0.3) is 0 Å². The third-order valence-electron chi connectivity index (χ3n) is 2.48. The normalized spacial score (nSPS) is 20.5. The molecule has 15 heavy (non-hydrogen) atoms. The minimum Gasteiger partial charge on any atom is -0.325 e. The quantitative estimate of drug-likeness (QED) is 0.735. The van der Waals surface area contributed by atoms with E-state index in [0.717, 1.165) is 0 Å². The summed E-state index contributed by atoms with van der Waals surface area (Å²) < 4.78 is 0. The zero-order valence-corrected chi connectivity index (χ0v) is 8.97. The first-order chi connectivity index (χ1) is 7.08. The van der Waals surface area contributed by atoms with E-state index in [4.69, 9.17) is 11.6 Å². The fraction of sp³-hybridized carbons (Fsp3) is 0.273. The molecule has 1 atom stereocenters. The van der Waals surface area contributed by atoms with Gasteiger partial charge in [0.2, 0.25) is 5.91 Å². The fourth-order valence-electron chi connectivity index (χ4n) is 1.59. The van der Waals surface area contributed by atoms with Crippen molar-refractivity contribution in [2.45, 2.75) is 13.3 Å². The Labute approximate surface area is 92.4 Å². The number of benzene rings is 1. The van der Waals surface area contributed by atoms with Crippen molar-refractivity contribution >= 4 is 29.0 Å². The molecule has 1 N–H and O–H groups in total. The van der Waals surface area contributed by atoms with Gasteiger partial charge in [0, 0.05) is 22.9 Å². The number of hydrogen-bond acceptors (Lipinski definition) is 2. The SMILES string of the molecule is CC1CC(=O)c2cc(Cl)ccc2NC1=O. The third-order valence-corrected chi connectivity index (χ3v) is 2.71. The predicted molar refractivity (Wildman–Crippen MR) is 58.2 cm³/mol. The van der Waals surface area contributed by atoms with Crippen LogP contribution in [0.5, 0.6) is 0 Å². The molecule has 0 saturated heterocycles. The first-order valence-electron chi connectivity index (χ1n) is 4.71. The van der Waals surface area contributed by atoms with Gasteiger partial charge < -0.3 is 5.32 Å². The minimum absolute atomic E-state index is 0.0432. The summed E-state index contributed by atoms with van der Waals surface area (Å²) in [4.78, 5) is 23.3. The molecule has 4 heteroatoms. The van der Waals surface area contributed by atoms with Crippen LogP contribution in [0.1, 0.15) is 23.7 Å². The number of rotatable bonds is 0. The number of hydrogen-bond donors (Lipinski definition) is 1. The van der Waals surface area contributed by atoms with Gasteiger partial charge in [-0.05, 0) is 18.2 Å². The molecule has 2 rings (SSSR count). The van der Waals surface area contributed by atoms with E-state index in [1.165, 1.54) is 0 Å². The van der Waals surface area contributed by atoms with Crippen LogP contribution in [-0.4, -0.2) is 11.7 Å². The first kappa shape index (κ1) is 10.2. The average Bonchev–Trinajstić information content (AvgIpc) is 2.28. The molecule has 0 fully saturated rings. The fourth-order valence-corrected chi connectivity index (χ4v) is 1.76. The Morgan fingerprint density at radius 3 is 2.87 bits per heavy atom.